The van der Waals surface area contributed by atoms with Crippen LogP contribution in [0, 0.1) is 5.92 Å². The van der Waals surface area contributed by atoms with E-state index in [4.69, 9.17) is 10.5 Å². The van der Waals surface area contributed by atoms with Crippen molar-refractivity contribution in [3.63, 3.8) is 0 Å². The summed E-state index contributed by atoms with van der Waals surface area (Å²) in [6, 6.07) is 11.3. The predicted octanol–water partition coefficient (Wildman–Crippen LogP) is 4.34. The zero-order valence-corrected chi connectivity index (χ0v) is 16.6. The first-order valence-corrected chi connectivity index (χ1v) is 9.37. The summed E-state index contributed by atoms with van der Waals surface area (Å²) >= 11 is 0. The van der Waals surface area contributed by atoms with Crippen molar-refractivity contribution in [3.8, 4) is 11.5 Å². The number of anilines is 1. The maximum Gasteiger partial charge on any atom is 0.573 e. The number of ether oxygens (including phenoxy) is 2. The lowest BCUT2D eigenvalue weighted by Gasteiger charge is -2.29. The molecule has 1 heterocycles. The standard InChI is InChI=1S/C21H22F3N3O3/c1-3-14-11-19(28)27(12-13-4-7-16(25)8-5-13)26-20(14)15-6-9-17(29-2)18(10-15)30-21(22,23)24/h4-10,14H,3,11-12,25H2,1-2H3. The third kappa shape index (κ3) is 5.03. The zero-order valence-electron chi connectivity index (χ0n) is 16.6. The topological polar surface area (TPSA) is 77.2 Å². The van der Waals surface area contributed by atoms with Gasteiger partial charge in [-0.05, 0) is 42.3 Å². The van der Waals surface area contributed by atoms with E-state index in [0.717, 1.165) is 5.56 Å². The highest BCUT2D eigenvalue weighted by molar-refractivity contribution is 6.06. The number of nitrogens with zero attached hydrogens (tertiary/aromatic N) is 2. The van der Waals surface area contributed by atoms with Gasteiger partial charge in [0.1, 0.15) is 0 Å². The third-order valence-electron chi connectivity index (χ3n) is 4.81. The first-order valence-electron chi connectivity index (χ1n) is 9.37. The van der Waals surface area contributed by atoms with E-state index in [1.165, 1.54) is 24.3 Å². The summed E-state index contributed by atoms with van der Waals surface area (Å²) < 4.78 is 47.4. The molecule has 0 aromatic heterocycles. The van der Waals surface area contributed by atoms with Crippen LogP contribution >= 0.6 is 0 Å². The molecule has 2 aromatic rings. The van der Waals surface area contributed by atoms with Crippen molar-refractivity contribution in [1.82, 2.24) is 5.01 Å². The van der Waals surface area contributed by atoms with E-state index in [1.807, 2.05) is 6.92 Å². The summed E-state index contributed by atoms with van der Waals surface area (Å²) in [5.74, 6) is -0.868. The Labute approximate surface area is 172 Å². The van der Waals surface area contributed by atoms with E-state index in [2.05, 4.69) is 9.84 Å². The van der Waals surface area contributed by atoms with Crippen LogP contribution < -0.4 is 15.2 Å². The molecule has 0 saturated carbocycles. The van der Waals surface area contributed by atoms with Crippen LogP contribution in [0.5, 0.6) is 11.5 Å². The van der Waals surface area contributed by atoms with Gasteiger partial charge in [-0.2, -0.15) is 5.10 Å². The Morgan fingerprint density at radius 2 is 1.87 bits per heavy atom. The minimum Gasteiger partial charge on any atom is -0.493 e. The number of hydrazone groups is 1. The molecule has 160 valence electrons. The van der Waals surface area contributed by atoms with Crippen molar-refractivity contribution in [3.05, 3.63) is 53.6 Å². The van der Waals surface area contributed by atoms with E-state index in [1.54, 1.807) is 30.3 Å². The Kier molecular flexibility index (Phi) is 6.19. The van der Waals surface area contributed by atoms with E-state index < -0.39 is 12.1 Å². The molecule has 0 spiro atoms. The molecule has 6 nitrogen and oxygen atoms in total. The molecule has 0 radical (unpaired) electrons. The second kappa shape index (κ2) is 8.64. The molecule has 1 aliphatic heterocycles. The smallest absolute Gasteiger partial charge is 0.493 e. The molecule has 1 amide bonds. The number of methoxy groups -OCH3 is 1. The number of hydrogen-bond acceptors (Lipinski definition) is 5. The van der Waals surface area contributed by atoms with Crippen LogP contribution in [0.3, 0.4) is 0 Å². The number of hydrogen-bond donors (Lipinski definition) is 1. The average molecular weight is 421 g/mol. The molecule has 1 atom stereocenters. The van der Waals surface area contributed by atoms with E-state index in [-0.39, 0.29) is 30.5 Å². The molecule has 0 saturated heterocycles. The molecular weight excluding hydrogens is 399 g/mol. The summed E-state index contributed by atoms with van der Waals surface area (Å²) in [4.78, 5) is 12.6. The summed E-state index contributed by atoms with van der Waals surface area (Å²) in [6.45, 7) is 2.14. The van der Waals surface area contributed by atoms with Crippen LogP contribution in [0.25, 0.3) is 0 Å². The highest BCUT2D eigenvalue weighted by Crippen LogP contribution is 2.35. The van der Waals surface area contributed by atoms with Crippen LogP contribution in [0.4, 0.5) is 18.9 Å². The Morgan fingerprint density at radius 3 is 2.47 bits per heavy atom. The predicted molar refractivity (Wildman–Crippen MR) is 106 cm³/mol. The molecule has 30 heavy (non-hydrogen) atoms. The normalized spacial score (nSPS) is 17.0. The van der Waals surface area contributed by atoms with Gasteiger partial charge in [0.05, 0.1) is 19.4 Å². The largest absolute Gasteiger partial charge is 0.573 e. The first-order chi connectivity index (χ1) is 14.2. The minimum absolute atomic E-state index is 0.0460. The Hall–Kier alpha value is -3.23. The van der Waals surface area contributed by atoms with Crippen molar-refractivity contribution in [2.45, 2.75) is 32.7 Å². The van der Waals surface area contributed by atoms with Crippen LogP contribution in [0.1, 0.15) is 30.9 Å². The van der Waals surface area contributed by atoms with Gasteiger partial charge in [-0.3, -0.25) is 4.79 Å². The average Bonchev–Trinajstić information content (AvgIpc) is 2.69. The molecule has 2 N–H and O–H groups in total. The number of halogens is 3. The van der Waals surface area contributed by atoms with Crippen LogP contribution in [0.2, 0.25) is 0 Å². The molecule has 9 heteroatoms. The number of carbonyl (C=O) groups excluding carboxylic acids is 1. The second-order valence-electron chi connectivity index (χ2n) is 6.90. The number of carbonyl (C=O) groups is 1. The number of nitrogen functional groups attached to an aromatic ring is 1. The lowest BCUT2D eigenvalue weighted by molar-refractivity contribution is -0.275. The number of nitrogens with two attached hydrogens (primary N) is 1. The number of amides is 1. The molecule has 0 aliphatic carbocycles. The van der Waals surface area contributed by atoms with Gasteiger partial charge in [0.15, 0.2) is 11.5 Å². The fraction of sp³-hybridized carbons (Fsp3) is 0.333. The van der Waals surface area contributed by atoms with Gasteiger partial charge in [-0.15, -0.1) is 13.2 Å². The summed E-state index contributed by atoms with van der Waals surface area (Å²) in [5, 5.41) is 5.82. The summed E-state index contributed by atoms with van der Waals surface area (Å²) in [6.07, 6.45) is -4.03. The lowest BCUT2D eigenvalue weighted by Crippen LogP contribution is -2.36. The highest BCUT2D eigenvalue weighted by Gasteiger charge is 2.34. The lowest BCUT2D eigenvalue weighted by atomic mass is 9.89. The van der Waals surface area contributed by atoms with E-state index in [9.17, 15) is 18.0 Å². The van der Waals surface area contributed by atoms with Gasteiger partial charge in [0, 0.05) is 23.6 Å². The van der Waals surface area contributed by atoms with Crippen molar-refractivity contribution in [2.75, 3.05) is 12.8 Å². The molecule has 1 aliphatic rings. The van der Waals surface area contributed by atoms with Gasteiger partial charge in [-0.1, -0.05) is 19.1 Å². The monoisotopic (exact) mass is 421 g/mol. The molecule has 2 aromatic carbocycles. The quantitative estimate of drug-likeness (QED) is 0.704. The van der Waals surface area contributed by atoms with Crippen molar-refractivity contribution >= 4 is 17.3 Å². The summed E-state index contributed by atoms with van der Waals surface area (Å²) in [5.41, 5.74) is 8.11. The van der Waals surface area contributed by atoms with Crippen molar-refractivity contribution in [1.29, 1.82) is 0 Å². The fourth-order valence-electron chi connectivity index (χ4n) is 3.27. The van der Waals surface area contributed by atoms with Crippen LogP contribution in [-0.2, 0) is 11.3 Å². The maximum atomic E-state index is 12.8. The van der Waals surface area contributed by atoms with Gasteiger partial charge < -0.3 is 15.2 Å². The van der Waals surface area contributed by atoms with Crippen LogP contribution in [0.15, 0.2) is 47.6 Å². The van der Waals surface area contributed by atoms with Crippen molar-refractivity contribution < 1.29 is 27.4 Å². The third-order valence-corrected chi connectivity index (χ3v) is 4.81. The zero-order chi connectivity index (χ0) is 21.9. The molecule has 1 unspecified atom stereocenters. The summed E-state index contributed by atoms with van der Waals surface area (Å²) in [7, 11) is 1.26. The maximum absolute atomic E-state index is 12.8. The molecule has 0 bridgehead atoms. The highest BCUT2D eigenvalue weighted by atomic mass is 19.4. The van der Waals surface area contributed by atoms with Gasteiger partial charge >= 0.3 is 6.36 Å². The molecular formula is C21H22F3N3O3. The number of alkyl halides is 3. The Bertz CT molecular complexity index is 943. The van der Waals surface area contributed by atoms with E-state index in [0.29, 0.717) is 23.4 Å². The Morgan fingerprint density at radius 1 is 1.17 bits per heavy atom. The minimum atomic E-state index is -4.86. The molecule has 3 rings (SSSR count). The number of rotatable bonds is 6. The molecule has 0 fully saturated rings. The first kappa shape index (κ1) is 21.5. The Balaban J connectivity index is 1.97. The van der Waals surface area contributed by atoms with Crippen LogP contribution in [-0.4, -0.2) is 30.1 Å². The van der Waals surface area contributed by atoms with Gasteiger partial charge in [-0.25, -0.2) is 5.01 Å². The van der Waals surface area contributed by atoms with Gasteiger partial charge in [0.2, 0.25) is 5.91 Å². The SMILES string of the molecule is CCC1CC(=O)N(Cc2ccc(N)cc2)N=C1c1ccc(OC)c(OC(F)(F)F)c1. The van der Waals surface area contributed by atoms with Gasteiger partial charge in [0.25, 0.3) is 0 Å². The van der Waals surface area contributed by atoms with E-state index >= 15 is 0 Å². The van der Waals surface area contributed by atoms with Crippen molar-refractivity contribution in [2.24, 2.45) is 11.0 Å². The fourth-order valence-corrected chi connectivity index (χ4v) is 3.27. The number of benzene rings is 2. The second-order valence-corrected chi connectivity index (χ2v) is 6.90.